The smallest absolute Gasteiger partial charge is 0.271 e. The summed E-state index contributed by atoms with van der Waals surface area (Å²) in [4.78, 5) is 25.2. The molecule has 8 heteroatoms. The topological polar surface area (TPSA) is 89.0 Å². The zero-order valence-corrected chi connectivity index (χ0v) is 15.6. The molecule has 26 heavy (non-hydrogen) atoms. The molecule has 0 aliphatic heterocycles. The Morgan fingerprint density at radius 1 is 1.12 bits per heavy atom. The molecule has 134 valence electrons. The Bertz CT molecular complexity index is 888. The molecule has 0 atom stereocenters. The molecule has 0 radical (unpaired) electrons. The molecule has 0 bridgehead atoms. The standard InChI is InChI=1S/C18H19N5O2S/c1-11-8-12(2)21-17(20-11)23-18-22-15(10-26-18)16(24)19-9-13-4-6-14(25-3)7-5-13/h4-8,10H,9H2,1-3H3,(H,19,24)(H,20,21,22,23). The van der Waals surface area contributed by atoms with Crippen LogP contribution < -0.4 is 15.4 Å². The van der Waals surface area contributed by atoms with Gasteiger partial charge in [0.05, 0.1) is 7.11 Å². The lowest BCUT2D eigenvalue weighted by Gasteiger charge is -2.05. The predicted molar refractivity (Wildman–Crippen MR) is 101 cm³/mol. The zero-order chi connectivity index (χ0) is 18.5. The van der Waals surface area contributed by atoms with Crippen LogP contribution in [0.4, 0.5) is 11.1 Å². The fourth-order valence-corrected chi connectivity index (χ4v) is 3.01. The Balaban J connectivity index is 1.60. The number of methoxy groups -OCH3 is 1. The van der Waals surface area contributed by atoms with Crippen LogP contribution >= 0.6 is 11.3 Å². The van der Waals surface area contributed by atoms with Crippen molar-refractivity contribution in [3.8, 4) is 5.75 Å². The lowest BCUT2D eigenvalue weighted by Crippen LogP contribution is -2.23. The molecule has 7 nitrogen and oxygen atoms in total. The van der Waals surface area contributed by atoms with Crippen molar-refractivity contribution in [3.63, 3.8) is 0 Å². The van der Waals surface area contributed by atoms with Gasteiger partial charge in [0.1, 0.15) is 11.4 Å². The van der Waals surface area contributed by atoms with Gasteiger partial charge >= 0.3 is 0 Å². The van der Waals surface area contributed by atoms with Gasteiger partial charge < -0.3 is 15.4 Å². The molecule has 0 unspecified atom stereocenters. The zero-order valence-electron chi connectivity index (χ0n) is 14.7. The minimum absolute atomic E-state index is 0.230. The Morgan fingerprint density at radius 2 is 1.81 bits per heavy atom. The summed E-state index contributed by atoms with van der Waals surface area (Å²) in [6.07, 6.45) is 0. The number of thiazole rings is 1. The second-order valence-electron chi connectivity index (χ2n) is 5.67. The maximum absolute atomic E-state index is 12.3. The summed E-state index contributed by atoms with van der Waals surface area (Å²) in [5.41, 5.74) is 3.08. The number of anilines is 2. The molecule has 0 saturated heterocycles. The first kappa shape index (κ1) is 17.8. The molecular formula is C18H19N5O2S. The number of amides is 1. The van der Waals surface area contributed by atoms with Gasteiger partial charge in [0, 0.05) is 23.3 Å². The maximum atomic E-state index is 12.3. The second-order valence-corrected chi connectivity index (χ2v) is 6.53. The van der Waals surface area contributed by atoms with E-state index in [-0.39, 0.29) is 5.91 Å². The number of rotatable bonds is 6. The number of carbonyl (C=O) groups excluding carboxylic acids is 1. The van der Waals surface area contributed by atoms with Gasteiger partial charge in [0.15, 0.2) is 5.13 Å². The summed E-state index contributed by atoms with van der Waals surface area (Å²) in [5.74, 6) is 1.03. The molecule has 2 aromatic heterocycles. The number of ether oxygens (including phenoxy) is 1. The minimum atomic E-state index is -0.230. The van der Waals surface area contributed by atoms with Crippen LogP contribution in [-0.4, -0.2) is 28.0 Å². The van der Waals surface area contributed by atoms with Gasteiger partial charge in [0.25, 0.3) is 5.91 Å². The number of carbonyl (C=O) groups is 1. The van der Waals surface area contributed by atoms with E-state index < -0.39 is 0 Å². The summed E-state index contributed by atoms with van der Waals surface area (Å²) in [7, 11) is 1.62. The molecule has 0 spiro atoms. The van der Waals surface area contributed by atoms with Crippen LogP contribution in [0.5, 0.6) is 5.75 Å². The van der Waals surface area contributed by atoms with Crippen molar-refractivity contribution in [2.24, 2.45) is 0 Å². The number of nitrogens with one attached hydrogen (secondary N) is 2. The number of hydrogen-bond acceptors (Lipinski definition) is 7. The highest BCUT2D eigenvalue weighted by molar-refractivity contribution is 7.14. The highest BCUT2D eigenvalue weighted by Crippen LogP contribution is 2.19. The van der Waals surface area contributed by atoms with E-state index in [0.29, 0.717) is 23.3 Å². The summed E-state index contributed by atoms with van der Waals surface area (Å²) >= 11 is 1.33. The molecule has 0 aliphatic rings. The highest BCUT2D eigenvalue weighted by atomic mass is 32.1. The van der Waals surface area contributed by atoms with E-state index in [9.17, 15) is 4.79 Å². The van der Waals surface area contributed by atoms with E-state index in [2.05, 4.69) is 25.6 Å². The van der Waals surface area contributed by atoms with Gasteiger partial charge in [-0.05, 0) is 37.6 Å². The van der Waals surface area contributed by atoms with E-state index >= 15 is 0 Å². The van der Waals surface area contributed by atoms with Crippen LogP contribution in [-0.2, 0) is 6.54 Å². The molecular weight excluding hydrogens is 350 g/mol. The Kier molecular flexibility index (Phi) is 5.43. The number of aryl methyl sites for hydroxylation is 2. The molecule has 2 N–H and O–H groups in total. The van der Waals surface area contributed by atoms with Crippen LogP contribution in [0.1, 0.15) is 27.4 Å². The second kappa shape index (κ2) is 7.92. The molecule has 3 aromatic rings. The summed E-state index contributed by atoms with van der Waals surface area (Å²) in [5, 5.41) is 8.17. The molecule has 0 fully saturated rings. The van der Waals surface area contributed by atoms with Gasteiger partial charge in [0.2, 0.25) is 5.95 Å². The van der Waals surface area contributed by atoms with Crippen LogP contribution in [0.3, 0.4) is 0 Å². The third kappa shape index (κ3) is 4.54. The number of nitrogens with zero attached hydrogens (tertiary/aromatic N) is 3. The predicted octanol–water partition coefficient (Wildman–Crippen LogP) is 3.23. The quantitative estimate of drug-likeness (QED) is 0.693. The molecule has 0 aliphatic carbocycles. The van der Waals surface area contributed by atoms with E-state index in [4.69, 9.17) is 4.74 Å². The Hall–Kier alpha value is -3.00. The van der Waals surface area contributed by atoms with Crippen LogP contribution in [0.25, 0.3) is 0 Å². The molecule has 0 saturated carbocycles. The highest BCUT2D eigenvalue weighted by Gasteiger charge is 2.11. The van der Waals surface area contributed by atoms with E-state index in [1.54, 1.807) is 12.5 Å². The van der Waals surface area contributed by atoms with Gasteiger partial charge in [-0.2, -0.15) is 0 Å². The van der Waals surface area contributed by atoms with Crippen molar-refractivity contribution in [3.05, 3.63) is 58.4 Å². The minimum Gasteiger partial charge on any atom is -0.497 e. The van der Waals surface area contributed by atoms with Crippen LogP contribution in [0.2, 0.25) is 0 Å². The van der Waals surface area contributed by atoms with Gasteiger partial charge in [-0.3, -0.25) is 4.79 Å². The first-order valence-corrected chi connectivity index (χ1v) is 8.87. The fraction of sp³-hybridized carbons (Fsp3) is 0.222. The average Bonchev–Trinajstić information content (AvgIpc) is 3.07. The maximum Gasteiger partial charge on any atom is 0.271 e. The van der Waals surface area contributed by atoms with Gasteiger partial charge in [-0.25, -0.2) is 15.0 Å². The monoisotopic (exact) mass is 369 g/mol. The van der Waals surface area contributed by atoms with E-state index in [1.807, 2.05) is 44.2 Å². The normalized spacial score (nSPS) is 10.4. The Labute approximate surface area is 155 Å². The van der Waals surface area contributed by atoms with Crippen LogP contribution in [0.15, 0.2) is 35.7 Å². The number of aromatic nitrogens is 3. The van der Waals surface area contributed by atoms with Crippen molar-refractivity contribution in [2.45, 2.75) is 20.4 Å². The summed E-state index contributed by atoms with van der Waals surface area (Å²) in [6.45, 7) is 4.23. The third-order valence-electron chi connectivity index (χ3n) is 3.55. The van der Waals surface area contributed by atoms with Crippen molar-refractivity contribution in [2.75, 3.05) is 12.4 Å². The van der Waals surface area contributed by atoms with Gasteiger partial charge in [-0.1, -0.05) is 12.1 Å². The molecule has 2 heterocycles. The van der Waals surface area contributed by atoms with E-state index in [0.717, 1.165) is 22.7 Å². The third-order valence-corrected chi connectivity index (χ3v) is 4.31. The van der Waals surface area contributed by atoms with Crippen molar-refractivity contribution in [1.29, 1.82) is 0 Å². The van der Waals surface area contributed by atoms with Crippen LogP contribution in [0, 0.1) is 13.8 Å². The Morgan fingerprint density at radius 3 is 2.46 bits per heavy atom. The van der Waals surface area contributed by atoms with Gasteiger partial charge in [-0.15, -0.1) is 11.3 Å². The average molecular weight is 369 g/mol. The SMILES string of the molecule is COc1ccc(CNC(=O)c2csc(Nc3nc(C)cc(C)n3)n2)cc1. The largest absolute Gasteiger partial charge is 0.497 e. The molecule has 3 rings (SSSR count). The number of hydrogen-bond donors (Lipinski definition) is 2. The lowest BCUT2D eigenvalue weighted by atomic mass is 10.2. The summed E-state index contributed by atoms with van der Waals surface area (Å²) in [6, 6.07) is 9.42. The van der Waals surface area contributed by atoms with Crippen molar-refractivity contribution in [1.82, 2.24) is 20.3 Å². The first-order valence-electron chi connectivity index (χ1n) is 7.99. The van der Waals surface area contributed by atoms with Crippen molar-refractivity contribution >= 4 is 28.3 Å². The van der Waals surface area contributed by atoms with Crippen molar-refractivity contribution < 1.29 is 9.53 Å². The fourth-order valence-electron chi connectivity index (χ4n) is 2.33. The molecule has 1 amide bonds. The lowest BCUT2D eigenvalue weighted by molar-refractivity contribution is 0.0946. The molecule has 1 aromatic carbocycles. The van der Waals surface area contributed by atoms with E-state index in [1.165, 1.54) is 11.3 Å². The number of benzene rings is 1. The first-order chi connectivity index (χ1) is 12.5. The summed E-state index contributed by atoms with van der Waals surface area (Å²) < 4.78 is 5.12.